The number of sulfonamides is 1. The van der Waals surface area contributed by atoms with E-state index in [2.05, 4.69) is 5.32 Å². The van der Waals surface area contributed by atoms with Gasteiger partial charge in [-0.2, -0.15) is 4.31 Å². The SMILES string of the molecule is CCCN(C1CNC1)S(=O)(=O)c1ccc2c(c1)OCCO2. The quantitative estimate of drug-likeness (QED) is 0.872. The number of hydrogen-bond donors (Lipinski definition) is 1. The Kier molecular flexibility index (Phi) is 4.05. The summed E-state index contributed by atoms with van der Waals surface area (Å²) in [4.78, 5) is 0.270. The van der Waals surface area contributed by atoms with Gasteiger partial charge in [0.05, 0.1) is 10.9 Å². The molecule has 0 radical (unpaired) electrons. The topological polar surface area (TPSA) is 67.9 Å². The lowest BCUT2D eigenvalue weighted by Crippen LogP contribution is -2.58. The van der Waals surface area contributed by atoms with E-state index in [0.717, 1.165) is 6.42 Å². The van der Waals surface area contributed by atoms with Crippen LogP contribution in [0.2, 0.25) is 0 Å². The summed E-state index contributed by atoms with van der Waals surface area (Å²) in [5.74, 6) is 1.11. The molecule has 0 aliphatic carbocycles. The Morgan fingerprint density at radius 3 is 2.57 bits per heavy atom. The minimum atomic E-state index is -3.50. The fourth-order valence-electron chi connectivity index (χ4n) is 2.52. The number of ether oxygens (including phenoxy) is 2. The molecule has 7 heteroatoms. The van der Waals surface area contributed by atoms with Gasteiger partial charge in [0.1, 0.15) is 13.2 Å². The zero-order valence-electron chi connectivity index (χ0n) is 12.0. The van der Waals surface area contributed by atoms with Crippen molar-refractivity contribution in [2.24, 2.45) is 0 Å². The Bertz CT molecular complexity index is 613. The molecule has 0 unspecified atom stereocenters. The van der Waals surface area contributed by atoms with Gasteiger partial charge in [-0.15, -0.1) is 0 Å². The summed E-state index contributed by atoms with van der Waals surface area (Å²) in [6.07, 6.45) is 0.792. The second-order valence-electron chi connectivity index (χ2n) is 5.23. The lowest BCUT2D eigenvalue weighted by Gasteiger charge is -2.37. The molecule has 3 rings (SSSR count). The molecule has 1 aromatic carbocycles. The smallest absolute Gasteiger partial charge is 0.243 e. The zero-order chi connectivity index (χ0) is 14.9. The standard InChI is InChI=1S/C14H20N2O4S/c1-2-5-16(11-9-15-10-11)21(17,18)12-3-4-13-14(8-12)20-7-6-19-13/h3-4,8,11,15H,2,5-7,9-10H2,1H3. The Morgan fingerprint density at radius 1 is 1.24 bits per heavy atom. The largest absolute Gasteiger partial charge is 0.486 e. The molecular formula is C14H20N2O4S. The Morgan fingerprint density at radius 2 is 1.95 bits per heavy atom. The molecule has 1 N–H and O–H groups in total. The highest BCUT2D eigenvalue weighted by atomic mass is 32.2. The van der Waals surface area contributed by atoms with E-state index in [1.54, 1.807) is 22.5 Å². The van der Waals surface area contributed by atoms with Crippen molar-refractivity contribution in [1.82, 2.24) is 9.62 Å². The third-order valence-corrected chi connectivity index (χ3v) is 5.68. The van der Waals surface area contributed by atoms with Gasteiger partial charge in [0.2, 0.25) is 10.0 Å². The van der Waals surface area contributed by atoms with Crippen molar-refractivity contribution >= 4 is 10.0 Å². The molecule has 0 spiro atoms. The number of nitrogens with zero attached hydrogens (tertiary/aromatic N) is 1. The van der Waals surface area contributed by atoms with Crippen LogP contribution in [0.3, 0.4) is 0 Å². The van der Waals surface area contributed by atoms with Crippen LogP contribution in [0.4, 0.5) is 0 Å². The number of nitrogens with one attached hydrogen (secondary N) is 1. The fourth-order valence-corrected chi connectivity index (χ4v) is 4.25. The van der Waals surface area contributed by atoms with Crippen LogP contribution in [0.25, 0.3) is 0 Å². The molecular weight excluding hydrogens is 292 g/mol. The molecule has 0 aromatic heterocycles. The first-order chi connectivity index (χ1) is 10.1. The van der Waals surface area contributed by atoms with Crippen molar-refractivity contribution in [1.29, 1.82) is 0 Å². The zero-order valence-corrected chi connectivity index (χ0v) is 12.9. The van der Waals surface area contributed by atoms with Gasteiger partial charge >= 0.3 is 0 Å². The van der Waals surface area contributed by atoms with Crippen molar-refractivity contribution in [3.8, 4) is 11.5 Å². The molecule has 6 nitrogen and oxygen atoms in total. The minimum absolute atomic E-state index is 0.0446. The van der Waals surface area contributed by atoms with Gasteiger partial charge < -0.3 is 14.8 Å². The van der Waals surface area contributed by atoms with E-state index in [9.17, 15) is 8.42 Å². The Balaban J connectivity index is 1.92. The molecule has 0 amide bonds. The molecule has 21 heavy (non-hydrogen) atoms. The van der Waals surface area contributed by atoms with E-state index in [4.69, 9.17) is 9.47 Å². The van der Waals surface area contributed by atoms with Gasteiger partial charge in [0, 0.05) is 25.7 Å². The summed E-state index contributed by atoms with van der Waals surface area (Å²) < 4.78 is 38.2. The highest BCUT2D eigenvalue weighted by Crippen LogP contribution is 2.33. The molecule has 0 bridgehead atoms. The van der Waals surface area contributed by atoms with Gasteiger partial charge in [-0.05, 0) is 18.6 Å². The summed E-state index contributed by atoms with van der Waals surface area (Å²) >= 11 is 0. The fraction of sp³-hybridized carbons (Fsp3) is 0.571. The minimum Gasteiger partial charge on any atom is -0.486 e. The molecule has 0 saturated carbocycles. The van der Waals surface area contributed by atoms with Crippen LogP contribution < -0.4 is 14.8 Å². The molecule has 2 aliphatic rings. The maximum absolute atomic E-state index is 12.8. The van der Waals surface area contributed by atoms with Crippen molar-refractivity contribution in [2.45, 2.75) is 24.3 Å². The molecule has 0 atom stereocenters. The van der Waals surface area contributed by atoms with Crippen LogP contribution >= 0.6 is 0 Å². The van der Waals surface area contributed by atoms with Crippen molar-refractivity contribution in [2.75, 3.05) is 32.8 Å². The summed E-state index contributed by atoms with van der Waals surface area (Å²) in [7, 11) is -3.50. The van der Waals surface area contributed by atoms with Crippen LogP contribution in [0.1, 0.15) is 13.3 Å². The van der Waals surface area contributed by atoms with Crippen LogP contribution in [0, 0.1) is 0 Å². The second-order valence-corrected chi connectivity index (χ2v) is 7.12. The summed E-state index contributed by atoms with van der Waals surface area (Å²) in [5, 5.41) is 3.12. The first kappa shape index (κ1) is 14.6. The van der Waals surface area contributed by atoms with E-state index in [-0.39, 0.29) is 10.9 Å². The van der Waals surface area contributed by atoms with E-state index in [0.29, 0.717) is 44.3 Å². The van der Waals surface area contributed by atoms with E-state index in [1.807, 2.05) is 6.92 Å². The Hall–Kier alpha value is -1.31. The average Bonchev–Trinajstić information content (AvgIpc) is 2.44. The number of rotatable bonds is 5. The molecule has 116 valence electrons. The third kappa shape index (κ3) is 2.73. The monoisotopic (exact) mass is 312 g/mol. The normalized spacial score (nSPS) is 18.6. The molecule has 1 aromatic rings. The number of fused-ring (bicyclic) bond motifs is 1. The van der Waals surface area contributed by atoms with Crippen molar-refractivity contribution < 1.29 is 17.9 Å². The third-order valence-electron chi connectivity index (χ3n) is 3.73. The summed E-state index contributed by atoms with van der Waals surface area (Å²) in [6, 6.07) is 4.88. The first-order valence-corrected chi connectivity index (χ1v) is 8.69. The molecule has 2 heterocycles. The first-order valence-electron chi connectivity index (χ1n) is 7.25. The van der Waals surface area contributed by atoms with Gasteiger partial charge in [0.25, 0.3) is 0 Å². The maximum Gasteiger partial charge on any atom is 0.243 e. The van der Waals surface area contributed by atoms with Gasteiger partial charge in [-0.25, -0.2) is 8.42 Å². The van der Waals surface area contributed by atoms with Crippen LogP contribution in [0.5, 0.6) is 11.5 Å². The average molecular weight is 312 g/mol. The predicted molar refractivity (Wildman–Crippen MR) is 78.3 cm³/mol. The van der Waals surface area contributed by atoms with Gasteiger partial charge in [-0.3, -0.25) is 0 Å². The number of hydrogen-bond acceptors (Lipinski definition) is 5. The molecule has 2 aliphatic heterocycles. The van der Waals surface area contributed by atoms with Gasteiger partial charge in [0.15, 0.2) is 11.5 Å². The van der Waals surface area contributed by atoms with Crippen molar-refractivity contribution in [3.05, 3.63) is 18.2 Å². The summed E-state index contributed by atoms with van der Waals surface area (Å²) in [6.45, 7) is 4.88. The van der Waals surface area contributed by atoms with Crippen LogP contribution in [-0.2, 0) is 10.0 Å². The van der Waals surface area contributed by atoms with E-state index < -0.39 is 10.0 Å². The lowest BCUT2D eigenvalue weighted by molar-refractivity contribution is 0.171. The van der Waals surface area contributed by atoms with Crippen LogP contribution in [-0.4, -0.2) is 51.6 Å². The van der Waals surface area contributed by atoms with E-state index >= 15 is 0 Å². The summed E-state index contributed by atoms with van der Waals surface area (Å²) in [5.41, 5.74) is 0. The highest BCUT2D eigenvalue weighted by molar-refractivity contribution is 7.89. The Labute approximate surface area is 125 Å². The maximum atomic E-state index is 12.8. The molecule has 1 saturated heterocycles. The van der Waals surface area contributed by atoms with Crippen LogP contribution in [0.15, 0.2) is 23.1 Å². The predicted octanol–water partition coefficient (Wildman–Crippen LogP) is 0.830. The molecule has 1 fully saturated rings. The lowest BCUT2D eigenvalue weighted by atomic mass is 10.2. The highest BCUT2D eigenvalue weighted by Gasteiger charge is 2.34. The second kappa shape index (κ2) is 5.82. The van der Waals surface area contributed by atoms with Crippen molar-refractivity contribution in [3.63, 3.8) is 0 Å². The van der Waals surface area contributed by atoms with Gasteiger partial charge in [-0.1, -0.05) is 6.92 Å². The van der Waals surface area contributed by atoms with E-state index in [1.165, 1.54) is 0 Å². The number of benzene rings is 1.